The van der Waals surface area contributed by atoms with E-state index in [1.165, 1.54) is 16.5 Å². The Bertz CT molecular complexity index is 1250. The molecule has 0 spiro atoms. The number of carbonyl (C=O) groups is 1. The number of nitrogens with zero attached hydrogens (tertiary/aromatic N) is 1. The van der Waals surface area contributed by atoms with Crippen molar-refractivity contribution >= 4 is 28.5 Å². The smallest absolute Gasteiger partial charge is 0.224 e. The van der Waals surface area contributed by atoms with Crippen molar-refractivity contribution in [3.63, 3.8) is 0 Å². The lowest BCUT2D eigenvalue weighted by Gasteiger charge is -2.25. The highest BCUT2D eigenvalue weighted by Gasteiger charge is 2.17. The van der Waals surface area contributed by atoms with Crippen molar-refractivity contribution in [2.24, 2.45) is 0 Å². The van der Waals surface area contributed by atoms with Crippen molar-refractivity contribution in [1.29, 1.82) is 0 Å². The van der Waals surface area contributed by atoms with E-state index in [0.717, 1.165) is 27.8 Å². The van der Waals surface area contributed by atoms with E-state index in [0.29, 0.717) is 6.54 Å². The first-order valence-electron chi connectivity index (χ1n) is 10.6. The fourth-order valence-electron chi connectivity index (χ4n) is 3.81. The molecule has 31 heavy (non-hydrogen) atoms. The molecule has 4 aromatic carbocycles. The van der Waals surface area contributed by atoms with Gasteiger partial charge in [-0.3, -0.25) is 4.79 Å². The Balaban J connectivity index is 1.86. The summed E-state index contributed by atoms with van der Waals surface area (Å²) in [4.78, 5) is 14.7. The molecule has 0 aliphatic rings. The number of hydrogen-bond donors (Lipinski definition) is 0. The summed E-state index contributed by atoms with van der Waals surface area (Å²) in [5.41, 5.74) is 6.63. The van der Waals surface area contributed by atoms with Crippen LogP contribution >= 0.6 is 0 Å². The summed E-state index contributed by atoms with van der Waals surface area (Å²) in [6.07, 6.45) is 2.13. The van der Waals surface area contributed by atoms with Crippen molar-refractivity contribution in [2.75, 3.05) is 0 Å². The van der Waals surface area contributed by atoms with Crippen LogP contribution in [0.2, 0.25) is 0 Å². The van der Waals surface area contributed by atoms with E-state index in [2.05, 4.69) is 80.6 Å². The predicted octanol–water partition coefficient (Wildman–Crippen LogP) is 7.00. The van der Waals surface area contributed by atoms with Gasteiger partial charge in [0.2, 0.25) is 5.91 Å². The molecule has 0 radical (unpaired) electrons. The molecular weight excluding hydrogens is 378 g/mol. The third kappa shape index (κ3) is 4.75. The minimum atomic E-state index is 0.0205. The highest BCUT2D eigenvalue weighted by atomic mass is 16.2. The second-order valence-electron chi connectivity index (χ2n) is 8.03. The first-order valence-corrected chi connectivity index (χ1v) is 10.6. The summed E-state index contributed by atoms with van der Waals surface area (Å²) in [5, 5.41) is 2.35. The van der Waals surface area contributed by atoms with Gasteiger partial charge in [-0.1, -0.05) is 84.9 Å². The van der Waals surface area contributed by atoms with Crippen LogP contribution in [0.3, 0.4) is 0 Å². The molecule has 0 N–H and O–H groups in total. The molecule has 4 aromatic rings. The Morgan fingerprint density at radius 3 is 2.19 bits per heavy atom. The van der Waals surface area contributed by atoms with Crippen LogP contribution in [0.5, 0.6) is 0 Å². The Morgan fingerprint density at radius 1 is 0.774 bits per heavy atom. The summed E-state index contributed by atoms with van der Waals surface area (Å²) in [5.74, 6) is 0.0205. The summed E-state index contributed by atoms with van der Waals surface area (Å²) < 4.78 is 0. The van der Waals surface area contributed by atoms with Crippen LogP contribution in [-0.4, -0.2) is 10.8 Å². The first-order chi connectivity index (χ1) is 15.0. The van der Waals surface area contributed by atoms with Gasteiger partial charge in [0.25, 0.3) is 0 Å². The Morgan fingerprint density at radius 2 is 1.48 bits per heavy atom. The lowest BCUT2D eigenvalue weighted by Crippen LogP contribution is -2.26. The number of rotatable bonds is 5. The number of fused-ring (bicyclic) bond motifs is 1. The maximum Gasteiger partial charge on any atom is 0.224 e. The van der Waals surface area contributed by atoms with Gasteiger partial charge < -0.3 is 4.90 Å². The van der Waals surface area contributed by atoms with Crippen LogP contribution in [0, 0.1) is 13.8 Å². The van der Waals surface area contributed by atoms with E-state index in [9.17, 15) is 4.79 Å². The molecule has 2 heteroatoms. The number of hydrogen-bond acceptors (Lipinski definition) is 1. The van der Waals surface area contributed by atoms with E-state index in [1.54, 1.807) is 6.92 Å². The van der Waals surface area contributed by atoms with Crippen LogP contribution < -0.4 is 0 Å². The van der Waals surface area contributed by atoms with E-state index >= 15 is 0 Å². The fraction of sp³-hybridized carbons (Fsp3) is 0.138. The molecule has 2 nitrogen and oxygen atoms in total. The molecule has 0 saturated carbocycles. The largest absolute Gasteiger partial charge is 0.308 e. The van der Waals surface area contributed by atoms with Crippen LogP contribution in [0.1, 0.15) is 34.7 Å². The van der Waals surface area contributed by atoms with Crippen LogP contribution in [0.25, 0.3) is 22.5 Å². The summed E-state index contributed by atoms with van der Waals surface area (Å²) in [7, 11) is 0. The van der Waals surface area contributed by atoms with Gasteiger partial charge in [0.1, 0.15) is 0 Å². The zero-order chi connectivity index (χ0) is 21.8. The molecule has 4 rings (SSSR count). The van der Waals surface area contributed by atoms with Crippen molar-refractivity contribution in [1.82, 2.24) is 4.90 Å². The standard InChI is InChI=1S/C29H27NO/c1-21-13-14-25(17-22(21)2)18-29(28-16-15-26-11-7-8-12-27(26)19-28)30(23(3)31)20-24-9-5-4-6-10-24/h4-19H,20H2,1-3H3/b29-18-. The maximum atomic E-state index is 12.8. The van der Waals surface area contributed by atoms with E-state index < -0.39 is 0 Å². The number of benzene rings is 4. The van der Waals surface area contributed by atoms with Gasteiger partial charge in [0, 0.05) is 6.92 Å². The highest BCUT2D eigenvalue weighted by Crippen LogP contribution is 2.28. The molecule has 0 aliphatic heterocycles. The first kappa shape index (κ1) is 20.6. The molecule has 0 atom stereocenters. The molecule has 1 amide bonds. The molecule has 0 bridgehead atoms. The van der Waals surface area contributed by atoms with Gasteiger partial charge in [-0.25, -0.2) is 0 Å². The Hall–Kier alpha value is -3.65. The van der Waals surface area contributed by atoms with Crippen molar-refractivity contribution in [2.45, 2.75) is 27.3 Å². The average Bonchev–Trinajstić information content (AvgIpc) is 2.78. The second kappa shape index (κ2) is 9.01. The van der Waals surface area contributed by atoms with E-state index in [4.69, 9.17) is 0 Å². The Kier molecular flexibility index (Phi) is 5.99. The van der Waals surface area contributed by atoms with Gasteiger partial charge in [-0.05, 0) is 64.6 Å². The number of aryl methyl sites for hydroxylation is 2. The summed E-state index contributed by atoms with van der Waals surface area (Å²) in [6.45, 7) is 6.40. The minimum absolute atomic E-state index is 0.0205. The van der Waals surface area contributed by atoms with Crippen molar-refractivity contribution < 1.29 is 4.79 Å². The van der Waals surface area contributed by atoms with Crippen LogP contribution in [0.15, 0.2) is 91.0 Å². The minimum Gasteiger partial charge on any atom is -0.308 e. The summed E-state index contributed by atoms with van der Waals surface area (Å²) >= 11 is 0. The summed E-state index contributed by atoms with van der Waals surface area (Å²) in [6, 6.07) is 31.3. The lowest BCUT2D eigenvalue weighted by atomic mass is 10.0. The fourth-order valence-corrected chi connectivity index (χ4v) is 3.81. The van der Waals surface area contributed by atoms with Gasteiger partial charge in [-0.2, -0.15) is 0 Å². The molecule has 154 valence electrons. The number of carbonyl (C=O) groups excluding carboxylic acids is 1. The topological polar surface area (TPSA) is 20.3 Å². The van der Waals surface area contributed by atoms with Crippen LogP contribution in [0.4, 0.5) is 0 Å². The third-order valence-corrected chi connectivity index (χ3v) is 5.73. The van der Waals surface area contributed by atoms with Crippen LogP contribution in [-0.2, 0) is 11.3 Å². The van der Waals surface area contributed by atoms with Gasteiger partial charge in [0.05, 0.1) is 12.2 Å². The molecule has 0 unspecified atom stereocenters. The molecule has 0 aromatic heterocycles. The Labute approximate surface area is 184 Å². The molecule has 0 aliphatic carbocycles. The molecular formula is C29H27NO. The quantitative estimate of drug-likeness (QED) is 0.327. The average molecular weight is 406 g/mol. The highest BCUT2D eigenvalue weighted by molar-refractivity contribution is 5.94. The molecule has 0 saturated heterocycles. The molecule has 0 fully saturated rings. The predicted molar refractivity (Wildman–Crippen MR) is 130 cm³/mol. The van der Waals surface area contributed by atoms with Crippen molar-refractivity contribution in [3.8, 4) is 0 Å². The van der Waals surface area contributed by atoms with Gasteiger partial charge in [0.15, 0.2) is 0 Å². The zero-order valence-electron chi connectivity index (χ0n) is 18.3. The van der Waals surface area contributed by atoms with Gasteiger partial charge >= 0.3 is 0 Å². The zero-order valence-corrected chi connectivity index (χ0v) is 18.3. The third-order valence-electron chi connectivity index (χ3n) is 5.73. The van der Waals surface area contributed by atoms with Gasteiger partial charge in [-0.15, -0.1) is 0 Å². The normalized spacial score (nSPS) is 11.5. The SMILES string of the molecule is CC(=O)N(Cc1ccccc1)/C(=C\c1ccc(C)c(C)c1)c1ccc2ccccc2c1. The number of amides is 1. The van der Waals surface area contributed by atoms with E-state index in [-0.39, 0.29) is 5.91 Å². The van der Waals surface area contributed by atoms with E-state index in [1.807, 2.05) is 35.2 Å². The monoisotopic (exact) mass is 405 g/mol. The van der Waals surface area contributed by atoms with Crippen molar-refractivity contribution in [3.05, 3.63) is 119 Å². The maximum absolute atomic E-state index is 12.8. The lowest BCUT2D eigenvalue weighted by molar-refractivity contribution is -0.126. The second-order valence-corrected chi connectivity index (χ2v) is 8.03. The molecule has 0 heterocycles.